The van der Waals surface area contributed by atoms with Gasteiger partial charge < -0.3 is 0 Å². The van der Waals surface area contributed by atoms with E-state index in [1.807, 2.05) is 27.7 Å². The normalized spacial score (nSPS) is 19.7. The number of hydrogen-bond donors (Lipinski definition) is 1. The van der Waals surface area contributed by atoms with E-state index in [9.17, 15) is 18.0 Å². The Labute approximate surface area is 137 Å². The Balaban J connectivity index is 2.44. The van der Waals surface area contributed by atoms with Gasteiger partial charge in [0.2, 0.25) is 21.8 Å². The molecule has 1 heterocycles. The number of thioether (sulfide) groups is 1. The van der Waals surface area contributed by atoms with Crippen LogP contribution in [0.15, 0.2) is 0 Å². The highest BCUT2D eigenvalue weighted by atomic mass is 32.2. The van der Waals surface area contributed by atoms with Crippen molar-refractivity contribution in [3.8, 4) is 0 Å². The number of nitrogens with zero attached hydrogens (tertiary/aromatic N) is 1. The Hall–Kier alpha value is -0.600. The van der Waals surface area contributed by atoms with Crippen LogP contribution in [-0.4, -0.2) is 54.5 Å². The van der Waals surface area contributed by atoms with Crippen LogP contribution >= 0.6 is 11.8 Å². The molecule has 0 radical (unpaired) electrons. The molecule has 1 aliphatic rings. The lowest BCUT2D eigenvalue weighted by molar-refractivity contribution is -0.138. The first kappa shape index (κ1) is 19.4. The van der Waals surface area contributed by atoms with Gasteiger partial charge in [-0.25, -0.2) is 13.1 Å². The fourth-order valence-corrected chi connectivity index (χ4v) is 4.57. The third-order valence-electron chi connectivity index (χ3n) is 3.26. The molecule has 0 spiro atoms. The Kier molecular flexibility index (Phi) is 7.34. The van der Waals surface area contributed by atoms with E-state index >= 15 is 0 Å². The molecule has 0 aromatic heterocycles. The van der Waals surface area contributed by atoms with Crippen molar-refractivity contribution in [2.45, 2.75) is 51.0 Å². The zero-order chi connectivity index (χ0) is 16.9. The molecule has 1 aliphatic heterocycles. The summed E-state index contributed by atoms with van der Waals surface area (Å²) in [6.07, 6.45) is 0.797. The molecule has 0 aliphatic carbocycles. The van der Waals surface area contributed by atoms with E-state index in [-0.39, 0.29) is 47.6 Å². The molecule has 1 rings (SSSR count). The quantitative estimate of drug-likeness (QED) is 0.632. The van der Waals surface area contributed by atoms with Crippen molar-refractivity contribution < 1.29 is 18.0 Å². The van der Waals surface area contributed by atoms with Crippen molar-refractivity contribution in [3.05, 3.63) is 0 Å². The lowest BCUT2D eigenvalue weighted by Gasteiger charge is -2.16. The van der Waals surface area contributed by atoms with Crippen molar-refractivity contribution in [2.24, 2.45) is 5.92 Å². The monoisotopic (exact) mass is 350 g/mol. The van der Waals surface area contributed by atoms with E-state index in [1.165, 1.54) is 16.7 Å². The highest BCUT2D eigenvalue weighted by Crippen LogP contribution is 2.27. The second-order valence-corrected chi connectivity index (χ2v) is 9.87. The summed E-state index contributed by atoms with van der Waals surface area (Å²) in [6, 6.07) is 0. The summed E-state index contributed by atoms with van der Waals surface area (Å²) in [4.78, 5) is 25.2. The van der Waals surface area contributed by atoms with Crippen molar-refractivity contribution in [1.82, 2.24) is 9.62 Å². The molecule has 1 fully saturated rings. The third-order valence-corrected chi connectivity index (χ3v) is 5.92. The first-order chi connectivity index (χ1) is 10.1. The summed E-state index contributed by atoms with van der Waals surface area (Å²) in [5, 5.41) is -0.0544. The van der Waals surface area contributed by atoms with E-state index in [1.54, 1.807) is 0 Å². The smallest absolute Gasteiger partial charge is 0.242 e. The van der Waals surface area contributed by atoms with Crippen LogP contribution in [0.4, 0.5) is 0 Å². The fourth-order valence-electron chi connectivity index (χ4n) is 2.10. The maximum Gasteiger partial charge on any atom is 0.242 e. The predicted octanol–water partition coefficient (Wildman–Crippen LogP) is 1.22. The van der Waals surface area contributed by atoms with Gasteiger partial charge in [0, 0.05) is 19.5 Å². The van der Waals surface area contributed by atoms with Gasteiger partial charge in [-0.05, 0) is 17.6 Å². The molecule has 0 saturated carbocycles. The molecule has 1 N–H and O–H groups in total. The molecule has 0 aromatic carbocycles. The number of rotatable bonds is 9. The average molecular weight is 351 g/mol. The molecular weight excluding hydrogens is 324 g/mol. The van der Waals surface area contributed by atoms with Crippen LogP contribution in [-0.2, 0) is 19.6 Å². The van der Waals surface area contributed by atoms with Crippen LogP contribution < -0.4 is 4.72 Å². The topological polar surface area (TPSA) is 83.6 Å². The largest absolute Gasteiger partial charge is 0.280 e. The van der Waals surface area contributed by atoms with Gasteiger partial charge in [0.05, 0.1) is 11.0 Å². The minimum atomic E-state index is -3.34. The standard InChI is InChI=1S/C14H26N2O4S2/c1-10(2)5-8-22(19,20)15-6-7-16-13(17)9-12(14(16)18)21-11(3)4/h10-12,15H,5-9H2,1-4H3. The molecule has 6 nitrogen and oxygen atoms in total. The molecule has 1 atom stereocenters. The van der Waals surface area contributed by atoms with Gasteiger partial charge in [-0.3, -0.25) is 14.5 Å². The molecular formula is C14H26N2O4S2. The highest BCUT2D eigenvalue weighted by Gasteiger charge is 2.38. The summed E-state index contributed by atoms with van der Waals surface area (Å²) < 4.78 is 26.0. The van der Waals surface area contributed by atoms with Gasteiger partial charge in [0.1, 0.15) is 0 Å². The van der Waals surface area contributed by atoms with Gasteiger partial charge in [0.15, 0.2) is 0 Å². The maximum absolute atomic E-state index is 12.1. The Bertz CT molecular complexity index is 503. The second-order valence-electron chi connectivity index (χ2n) is 6.16. The summed E-state index contributed by atoms with van der Waals surface area (Å²) in [5.41, 5.74) is 0. The maximum atomic E-state index is 12.1. The second kappa shape index (κ2) is 8.31. The first-order valence-corrected chi connectivity index (χ1v) is 10.2. The molecule has 8 heteroatoms. The van der Waals surface area contributed by atoms with Crippen LogP contribution in [0.2, 0.25) is 0 Å². The van der Waals surface area contributed by atoms with Crippen LogP contribution in [0.25, 0.3) is 0 Å². The van der Waals surface area contributed by atoms with Crippen LogP contribution in [0.1, 0.15) is 40.5 Å². The SMILES string of the molecule is CC(C)CCS(=O)(=O)NCCN1C(=O)CC(SC(C)C)C1=O. The number of carbonyl (C=O) groups excluding carboxylic acids is 2. The molecule has 128 valence electrons. The highest BCUT2D eigenvalue weighted by molar-refractivity contribution is 8.01. The van der Waals surface area contributed by atoms with Gasteiger partial charge in [0.25, 0.3) is 0 Å². The summed E-state index contributed by atoms with van der Waals surface area (Å²) in [7, 11) is -3.34. The molecule has 1 saturated heterocycles. The molecule has 0 aromatic rings. The van der Waals surface area contributed by atoms with Crippen molar-refractivity contribution >= 4 is 33.6 Å². The van der Waals surface area contributed by atoms with Crippen molar-refractivity contribution in [2.75, 3.05) is 18.8 Å². The molecule has 1 unspecified atom stereocenters. The third kappa shape index (κ3) is 6.26. The number of amides is 2. The van der Waals surface area contributed by atoms with E-state index in [4.69, 9.17) is 0 Å². The number of hydrogen-bond acceptors (Lipinski definition) is 5. The molecule has 22 heavy (non-hydrogen) atoms. The Morgan fingerprint density at radius 3 is 2.45 bits per heavy atom. The van der Waals surface area contributed by atoms with Crippen molar-refractivity contribution in [1.29, 1.82) is 0 Å². The van der Waals surface area contributed by atoms with Gasteiger partial charge in [-0.2, -0.15) is 0 Å². The lowest BCUT2D eigenvalue weighted by Crippen LogP contribution is -2.39. The van der Waals surface area contributed by atoms with Gasteiger partial charge >= 0.3 is 0 Å². The molecule has 0 bridgehead atoms. The summed E-state index contributed by atoms with van der Waals surface area (Å²) >= 11 is 1.48. The number of imide groups is 1. The minimum absolute atomic E-state index is 0.0678. The zero-order valence-corrected chi connectivity index (χ0v) is 15.3. The van der Waals surface area contributed by atoms with E-state index < -0.39 is 10.0 Å². The van der Waals surface area contributed by atoms with Gasteiger partial charge in [-0.15, -0.1) is 11.8 Å². The average Bonchev–Trinajstić information content (AvgIpc) is 2.63. The first-order valence-electron chi connectivity index (χ1n) is 7.59. The van der Waals surface area contributed by atoms with Crippen molar-refractivity contribution in [3.63, 3.8) is 0 Å². The van der Waals surface area contributed by atoms with E-state index in [0.29, 0.717) is 12.3 Å². The number of carbonyl (C=O) groups is 2. The summed E-state index contributed by atoms with van der Waals surface area (Å²) in [6.45, 7) is 8.07. The predicted molar refractivity (Wildman–Crippen MR) is 89.1 cm³/mol. The van der Waals surface area contributed by atoms with E-state index in [2.05, 4.69) is 4.72 Å². The summed E-state index contributed by atoms with van der Waals surface area (Å²) in [5.74, 6) is -0.0417. The number of nitrogens with one attached hydrogen (secondary N) is 1. The number of likely N-dealkylation sites (tertiary alicyclic amines) is 1. The lowest BCUT2D eigenvalue weighted by atomic mass is 10.2. The minimum Gasteiger partial charge on any atom is -0.280 e. The van der Waals surface area contributed by atoms with Gasteiger partial charge in [-0.1, -0.05) is 27.7 Å². The Morgan fingerprint density at radius 2 is 1.91 bits per heavy atom. The Morgan fingerprint density at radius 1 is 1.27 bits per heavy atom. The fraction of sp³-hybridized carbons (Fsp3) is 0.857. The van der Waals surface area contributed by atoms with Crippen LogP contribution in [0.3, 0.4) is 0 Å². The van der Waals surface area contributed by atoms with Crippen LogP contribution in [0.5, 0.6) is 0 Å². The van der Waals surface area contributed by atoms with E-state index in [0.717, 1.165) is 0 Å². The molecule has 2 amide bonds. The zero-order valence-electron chi connectivity index (χ0n) is 13.7. The van der Waals surface area contributed by atoms with Crippen LogP contribution in [0, 0.1) is 5.92 Å². The number of sulfonamides is 1.